The van der Waals surface area contributed by atoms with Gasteiger partial charge < -0.3 is 15.9 Å². The van der Waals surface area contributed by atoms with Crippen LogP contribution in [0.15, 0.2) is 35.9 Å². The maximum atomic E-state index is 14.6. The first kappa shape index (κ1) is 23.8. The van der Waals surface area contributed by atoms with E-state index >= 15 is 0 Å². The topological polar surface area (TPSA) is 121 Å². The van der Waals surface area contributed by atoms with Gasteiger partial charge in [0.15, 0.2) is 5.78 Å². The average molecular weight is 469 g/mol. The third-order valence-corrected chi connectivity index (χ3v) is 8.27. The lowest BCUT2D eigenvalue weighted by atomic mass is 9.93. The van der Waals surface area contributed by atoms with Crippen molar-refractivity contribution < 1.29 is 29.0 Å². The summed E-state index contributed by atoms with van der Waals surface area (Å²) in [5.41, 5.74) is 6.47. The smallest absolute Gasteiger partial charge is 0.328 e. The molecule has 1 saturated carbocycles. The van der Waals surface area contributed by atoms with E-state index in [9.17, 15) is 23.9 Å². The van der Waals surface area contributed by atoms with E-state index in [0.29, 0.717) is 24.1 Å². The number of carboxylic acids is 2. The van der Waals surface area contributed by atoms with Crippen LogP contribution in [-0.4, -0.2) is 63.0 Å². The van der Waals surface area contributed by atoms with E-state index in [2.05, 4.69) is 0 Å². The molecule has 1 aromatic carbocycles. The zero-order chi connectivity index (χ0) is 22.5. The molecule has 0 unspecified atom stereocenters. The van der Waals surface area contributed by atoms with Gasteiger partial charge in [0.25, 0.3) is 0 Å². The Balaban J connectivity index is 1.77. The molecule has 2 aliphatic rings. The summed E-state index contributed by atoms with van der Waals surface area (Å²) in [5.74, 6) is -2.52. The van der Waals surface area contributed by atoms with Crippen molar-refractivity contribution >= 4 is 39.3 Å². The standard InChI is InChI=1S/C21H25FN2O5S2/c22-15-4-2-1-3-14(15)19(20(27)12-5-6-12)24-8-7-17(13(10-24)9-18(25)26)31-30-11-16(23)21(28)29/h1-4,9,12,16-17,19H,5-8,10-11,23H2,(H,25,26)(H,28,29)/b13-9-/t16-,17+,19+/m0/s1. The van der Waals surface area contributed by atoms with Gasteiger partial charge in [0.2, 0.25) is 0 Å². The summed E-state index contributed by atoms with van der Waals surface area (Å²) in [6.45, 7) is 0.727. The zero-order valence-corrected chi connectivity index (χ0v) is 18.4. The Morgan fingerprint density at radius 2 is 1.94 bits per heavy atom. The molecular formula is C21H25FN2O5S2. The largest absolute Gasteiger partial charge is 0.480 e. The third kappa shape index (κ3) is 6.31. The van der Waals surface area contributed by atoms with Crippen LogP contribution in [0.1, 0.15) is 30.9 Å². The van der Waals surface area contributed by atoms with Crippen LogP contribution >= 0.6 is 21.6 Å². The van der Waals surface area contributed by atoms with Crippen molar-refractivity contribution in [2.24, 2.45) is 11.7 Å². The number of Topliss-reactive ketones (excluding diaryl/α,β-unsaturated/α-hetero) is 1. The van der Waals surface area contributed by atoms with Crippen molar-refractivity contribution in [3.05, 3.63) is 47.3 Å². The minimum absolute atomic E-state index is 0.0207. The predicted octanol–water partition coefficient (Wildman–Crippen LogP) is 2.72. The van der Waals surface area contributed by atoms with Crippen LogP contribution in [-0.2, 0) is 14.4 Å². The van der Waals surface area contributed by atoms with E-state index in [1.807, 2.05) is 4.90 Å². The number of hydrogen-bond acceptors (Lipinski definition) is 7. The van der Waals surface area contributed by atoms with Gasteiger partial charge in [-0.3, -0.25) is 14.5 Å². The van der Waals surface area contributed by atoms with Crippen LogP contribution < -0.4 is 5.73 Å². The fraction of sp³-hybridized carbons (Fsp3) is 0.476. The number of carbonyl (C=O) groups excluding carboxylic acids is 1. The predicted molar refractivity (Wildman–Crippen MR) is 118 cm³/mol. The van der Waals surface area contributed by atoms with E-state index < -0.39 is 29.8 Å². The Labute approximate surface area is 187 Å². The molecule has 0 amide bonds. The summed E-state index contributed by atoms with van der Waals surface area (Å²) in [4.78, 5) is 37.2. The quantitative estimate of drug-likeness (QED) is 0.351. The zero-order valence-electron chi connectivity index (χ0n) is 16.8. The highest BCUT2D eigenvalue weighted by Crippen LogP contribution is 2.42. The molecule has 168 valence electrons. The maximum Gasteiger partial charge on any atom is 0.328 e. The van der Waals surface area contributed by atoms with E-state index in [1.54, 1.807) is 18.2 Å². The highest BCUT2D eigenvalue weighted by atomic mass is 33.1. The molecule has 1 saturated heterocycles. The normalized spacial score (nSPS) is 22.8. The van der Waals surface area contributed by atoms with E-state index in [1.165, 1.54) is 27.7 Å². The number of benzene rings is 1. The summed E-state index contributed by atoms with van der Waals surface area (Å²) in [7, 11) is 2.68. The van der Waals surface area contributed by atoms with Crippen molar-refractivity contribution in [2.45, 2.75) is 36.6 Å². The Morgan fingerprint density at radius 1 is 1.23 bits per heavy atom. The number of likely N-dealkylation sites (tertiary alicyclic amines) is 1. The van der Waals surface area contributed by atoms with Crippen molar-refractivity contribution in [2.75, 3.05) is 18.8 Å². The van der Waals surface area contributed by atoms with E-state index in [-0.39, 0.29) is 29.2 Å². The molecule has 3 rings (SSSR count). The molecule has 0 radical (unpaired) electrons. The number of rotatable bonds is 10. The number of carbonyl (C=O) groups is 3. The monoisotopic (exact) mass is 468 g/mol. The van der Waals surface area contributed by atoms with Crippen LogP contribution in [0, 0.1) is 11.7 Å². The minimum Gasteiger partial charge on any atom is -0.480 e. The van der Waals surface area contributed by atoms with Gasteiger partial charge in [0.05, 0.1) is 6.04 Å². The van der Waals surface area contributed by atoms with Crippen molar-refractivity contribution in [1.82, 2.24) is 4.90 Å². The second-order valence-electron chi connectivity index (χ2n) is 7.73. The summed E-state index contributed by atoms with van der Waals surface area (Å²) in [5, 5.41) is 18.1. The Hall–Kier alpha value is -1.88. The van der Waals surface area contributed by atoms with Crippen LogP contribution in [0.25, 0.3) is 0 Å². The number of aliphatic carboxylic acids is 2. The highest BCUT2D eigenvalue weighted by Gasteiger charge is 2.41. The van der Waals surface area contributed by atoms with E-state index in [4.69, 9.17) is 10.8 Å². The fourth-order valence-corrected chi connectivity index (χ4v) is 6.42. The lowest BCUT2D eigenvalue weighted by molar-refractivity contribution is -0.138. The van der Waals surface area contributed by atoms with E-state index in [0.717, 1.165) is 18.9 Å². The van der Waals surface area contributed by atoms with Crippen molar-refractivity contribution in [3.63, 3.8) is 0 Å². The molecule has 1 aromatic rings. The number of ketones is 1. The van der Waals surface area contributed by atoms with Gasteiger partial charge in [-0.15, -0.1) is 0 Å². The SMILES string of the molecule is N[C@@H](CSS[C@@H]1CCN([C@@H](C(=O)C2CC2)c2ccccc2F)C/C1=C/C(=O)O)C(=O)O. The van der Waals surface area contributed by atoms with Crippen LogP contribution in [0.4, 0.5) is 4.39 Å². The third-order valence-electron chi connectivity index (χ3n) is 5.35. The van der Waals surface area contributed by atoms with Crippen LogP contribution in [0.2, 0.25) is 0 Å². The molecular weight excluding hydrogens is 443 g/mol. The van der Waals surface area contributed by atoms with Crippen molar-refractivity contribution in [1.29, 1.82) is 0 Å². The molecule has 7 nitrogen and oxygen atoms in total. The molecule has 10 heteroatoms. The van der Waals surface area contributed by atoms with Gasteiger partial charge in [0, 0.05) is 41.6 Å². The Kier molecular flexibility index (Phi) is 8.15. The molecule has 1 heterocycles. The summed E-state index contributed by atoms with van der Waals surface area (Å²) >= 11 is 0. The van der Waals surface area contributed by atoms with Gasteiger partial charge in [0.1, 0.15) is 11.9 Å². The molecule has 1 aliphatic heterocycles. The summed E-state index contributed by atoms with van der Waals surface area (Å²) in [6, 6.07) is 4.49. The van der Waals surface area contributed by atoms with Crippen LogP contribution in [0.3, 0.4) is 0 Å². The second-order valence-corrected chi connectivity index (χ2v) is 10.3. The molecule has 1 aliphatic carbocycles. The minimum atomic E-state index is -1.09. The van der Waals surface area contributed by atoms with Gasteiger partial charge in [-0.1, -0.05) is 39.8 Å². The molecule has 0 aromatic heterocycles. The second kappa shape index (κ2) is 10.6. The first-order valence-electron chi connectivity index (χ1n) is 10.00. The van der Waals surface area contributed by atoms with Gasteiger partial charge in [-0.2, -0.15) is 0 Å². The number of nitrogens with two attached hydrogens (primary N) is 1. The lowest BCUT2D eigenvalue weighted by Gasteiger charge is -2.38. The van der Waals surface area contributed by atoms with Gasteiger partial charge >= 0.3 is 11.9 Å². The number of nitrogens with zero attached hydrogens (tertiary/aromatic N) is 1. The van der Waals surface area contributed by atoms with Crippen molar-refractivity contribution in [3.8, 4) is 0 Å². The first-order chi connectivity index (χ1) is 14.8. The molecule has 0 spiro atoms. The molecule has 0 bridgehead atoms. The molecule has 2 fully saturated rings. The summed E-state index contributed by atoms with van der Waals surface area (Å²) < 4.78 is 14.6. The number of piperidine rings is 1. The summed E-state index contributed by atoms with van der Waals surface area (Å²) in [6.07, 6.45) is 3.30. The first-order valence-corrected chi connectivity index (χ1v) is 12.4. The van der Waals surface area contributed by atoms with Gasteiger partial charge in [-0.05, 0) is 30.9 Å². The molecule has 31 heavy (non-hydrogen) atoms. The Morgan fingerprint density at radius 3 is 2.55 bits per heavy atom. The lowest BCUT2D eigenvalue weighted by Crippen LogP contribution is -2.43. The Bertz CT molecular complexity index is 877. The number of halogens is 1. The average Bonchev–Trinajstić information content (AvgIpc) is 3.55. The van der Waals surface area contributed by atoms with Gasteiger partial charge in [-0.25, -0.2) is 9.18 Å². The maximum absolute atomic E-state index is 14.6. The number of hydrogen-bond donors (Lipinski definition) is 3. The molecule has 3 atom stereocenters. The fourth-order valence-electron chi connectivity index (χ4n) is 3.60. The number of carboxylic acid groups (broad SMARTS) is 2. The highest BCUT2D eigenvalue weighted by molar-refractivity contribution is 8.77. The molecule has 4 N–H and O–H groups in total. The van der Waals surface area contributed by atoms with Crippen LogP contribution in [0.5, 0.6) is 0 Å².